The Morgan fingerprint density at radius 3 is 2.67 bits per heavy atom. The normalized spacial score (nSPS) is 15.9. The molecule has 0 aliphatic carbocycles. The zero-order valence-corrected chi connectivity index (χ0v) is 11.8. The third kappa shape index (κ3) is 2.86. The molecule has 1 amide bonds. The van der Waals surface area contributed by atoms with Crippen molar-refractivity contribution in [2.45, 2.75) is 18.8 Å². The molecule has 5 nitrogen and oxygen atoms in total. The highest BCUT2D eigenvalue weighted by Crippen LogP contribution is 2.27. The van der Waals surface area contributed by atoms with E-state index in [-0.39, 0.29) is 5.91 Å². The van der Waals surface area contributed by atoms with E-state index in [1.54, 1.807) is 0 Å². The number of benzene rings is 1. The largest absolute Gasteiger partial charge is 0.339 e. The summed E-state index contributed by atoms with van der Waals surface area (Å²) >= 11 is 0. The highest BCUT2D eigenvalue weighted by molar-refractivity contribution is 5.87. The van der Waals surface area contributed by atoms with E-state index < -0.39 is 0 Å². The second kappa shape index (κ2) is 5.91. The fraction of sp³-hybridized carbons (Fsp3) is 0.312. The molecular weight excluding hydrogens is 264 g/mol. The van der Waals surface area contributed by atoms with Crippen LogP contribution in [0.25, 0.3) is 11.4 Å². The van der Waals surface area contributed by atoms with Gasteiger partial charge in [-0.1, -0.05) is 36.9 Å². The lowest BCUT2D eigenvalue weighted by molar-refractivity contribution is -0.127. The van der Waals surface area contributed by atoms with E-state index in [0.29, 0.717) is 5.92 Å². The lowest BCUT2D eigenvalue weighted by Crippen LogP contribution is -2.37. The first-order valence-corrected chi connectivity index (χ1v) is 7.17. The number of aromatic nitrogens is 3. The molecule has 2 heterocycles. The Morgan fingerprint density at radius 2 is 2.00 bits per heavy atom. The number of nitrogens with one attached hydrogen (secondary N) is 1. The summed E-state index contributed by atoms with van der Waals surface area (Å²) in [6.07, 6.45) is 3.19. The second-order valence-corrected chi connectivity index (χ2v) is 5.21. The molecule has 21 heavy (non-hydrogen) atoms. The number of hydrogen-bond acceptors (Lipinski definition) is 3. The van der Waals surface area contributed by atoms with Gasteiger partial charge in [0.25, 0.3) is 0 Å². The minimum atomic E-state index is 0.0102. The SMILES string of the molecule is C=CC(=O)N1CCC(c2nc(-c3ccccc3)n[nH]2)CC1. The fourth-order valence-corrected chi connectivity index (χ4v) is 2.68. The highest BCUT2D eigenvalue weighted by Gasteiger charge is 2.25. The summed E-state index contributed by atoms with van der Waals surface area (Å²) in [4.78, 5) is 18.0. The van der Waals surface area contributed by atoms with Crippen LogP contribution in [0.4, 0.5) is 0 Å². The van der Waals surface area contributed by atoms with E-state index in [2.05, 4.69) is 21.8 Å². The molecule has 0 saturated carbocycles. The molecule has 5 heteroatoms. The van der Waals surface area contributed by atoms with Crippen LogP contribution in [0, 0.1) is 0 Å². The van der Waals surface area contributed by atoms with Crippen LogP contribution in [0.3, 0.4) is 0 Å². The molecule has 1 fully saturated rings. The van der Waals surface area contributed by atoms with Gasteiger partial charge in [-0.25, -0.2) is 4.98 Å². The minimum absolute atomic E-state index is 0.0102. The lowest BCUT2D eigenvalue weighted by Gasteiger charge is -2.30. The van der Waals surface area contributed by atoms with Gasteiger partial charge in [-0.2, -0.15) is 5.10 Å². The Morgan fingerprint density at radius 1 is 1.29 bits per heavy atom. The van der Waals surface area contributed by atoms with Crippen LogP contribution in [0.1, 0.15) is 24.6 Å². The molecule has 0 radical (unpaired) electrons. The first-order chi connectivity index (χ1) is 10.3. The monoisotopic (exact) mass is 282 g/mol. The Balaban J connectivity index is 1.68. The number of likely N-dealkylation sites (tertiary alicyclic amines) is 1. The number of amides is 1. The molecule has 1 aliphatic heterocycles. The van der Waals surface area contributed by atoms with E-state index in [1.165, 1.54) is 6.08 Å². The summed E-state index contributed by atoms with van der Waals surface area (Å²) < 4.78 is 0. The van der Waals surface area contributed by atoms with Crippen molar-refractivity contribution in [2.75, 3.05) is 13.1 Å². The molecule has 0 unspecified atom stereocenters. The van der Waals surface area contributed by atoms with E-state index in [0.717, 1.165) is 43.1 Å². The number of carbonyl (C=O) groups is 1. The zero-order valence-electron chi connectivity index (χ0n) is 11.8. The molecule has 0 atom stereocenters. The molecule has 1 saturated heterocycles. The van der Waals surface area contributed by atoms with Gasteiger partial charge in [0.15, 0.2) is 5.82 Å². The van der Waals surface area contributed by atoms with Crippen molar-refractivity contribution in [1.29, 1.82) is 0 Å². The van der Waals surface area contributed by atoms with Crippen LogP contribution >= 0.6 is 0 Å². The molecular formula is C16H18N4O. The van der Waals surface area contributed by atoms with Gasteiger partial charge in [0.2, 0.25) is 5.91 Å². The van der Waals surface area contributed by atoms with Gasteiger partial charge in [0.05, 0.1) is 0 Å². The molecule has 1 aromatic carbocycles. The van der Waals surface area contributed by atoms with Crippen molar-refractivity contribution in [2.24, 2.45) is 0 Å². The third-order valence-corrected chi connectivity index (χ3v) is 3.90. The average molecular weight is 282 g/mol. The predicted octanol–water partition coefficient (Wildman–Crippen LogP) is 2.36. The standard InChI is InChI=1S/C16H18N4O/c1-2-14(21)20-10-8-13(9-11-20)16-17-15(18-19-16)12-6-4-3-5-7-12/h2-7,13H,1,8-11H2,(H,17,18,19). The summed E-state index contributed by atoms with van der Waals surface area (Å²) in [7, 11) is 0. The van der Waals surface area contributed by atoms with Crippen LogP contribution < -0.4 is 0 Å². The summed E-state index contributed by atoms with van der Waals surface area (Å²) in [5, 5.41) is 7.35. The predicted molar refractivity (Wildman–Crippen MR) is 80.6 cm³/mol. The van der Waals surface area contributed by atoms with Crippen molar-refractivity contribution in [3.05, 3.63) is 48.8 Å². The van der Waals surface area contributed by atoms with Crippen LogP contribution in [0.15, 0.2) is 43.0 Å². The fourth-order valence-electron chi connectivity index (χ4n) is 2.68. The van der Waals surface area contributed by atoms with E-state index in [1.807, 2.05) is 35.2 Å². The summed E-state index contributed by atoms with van der Waals surface area (Å²) in [5.41, 5.74) is 1.01. The number of H-pyrrole nitrogens is 1. The topological polar surface area (TPSA) is 61.9 Å². The molecule has 108 valence electrons. The second-order valence-electron chi connectivity index (χ2n) is 5.21. The summed E-state index contributed by atoms with van der Waals surface area (Å²) in [6, 6.07) is 9.93. The van der Waals surface area contributed by atoms with Gasteiger partial charge in [0.1, 0.15) is 5.82 Å². The van der Waals surface area contributed by atoms with Crippen molar-refractivity contribution < 1.29 is 4.79 Å². The average Bonchev–Trinajstić information content (AvgIpc) is 3.05. The van der Waals surface area contributed by atoms with Crippen LogP contribution in [-0.4, -0.2) is 39.1 Å². The number of hydrogen-bond donors (Lipinski definition) is 1. The number of piperidine rings is 1. The maximum absolute atomic E-state index is 11.6. The van der Waals surface area contributed by atoms with Gasteiger partial charge >= 0.3 is 0 Å². The Hall–Kier alpha value is -2.43. The first kappa shape index (κ1) is 13.5. The van der Waals surface area contributed by atoms with E-state index in [9.17, 15) is 4.79 Å². The van der Waals surface area contributed by atoms with Gasteiger partial charge in [0, 0.05) is 24.6 Å². The zero-order chi connectivity index (χ0) is 14.7. The van der Waals surface area contributed by atoms with Gasteiger partial charge in [-0.05, 0) is 18.9 Å². The minimum Gasteiger partial charge on any atom is -0.339 e. The van der Waals surface area contributed by atoms with Gasteiger partial charge in [-0.3, -0.25) is 9.89 Å². The van der Waals surface area contributed by atoms with Crippen LogP contribution in [-0.2, 0) is 4.79 Å². The first-order valence-electron chi connectivity index (χ1n) is 7.17. The molecule has 1 aliphatic rings. The molecule has 3 rings (SSSR count). The molecule has 0 spiro atoms. The van der Waals surface area contributed by atoms with Crippen molar-refractivity contribution in [1.82, 2.24) is 20.1 Å². The number of nitrogens with zero attached hydrogens (tertiary/aromatic N) is 3. The Bertz CT molecular complexity index is 627. The van der Waals surface area contributed by atoms with E-state index in [4.69, 9.17) is 0 Å². The van der Waals surface area contributed by atoms with Crippen molar-refractivity contribution in [3.8, 4) is 11.4 Å². The molecule has 2 aromatic rings. The maximum Gasteiger partial charge on any atom is 0.245 e. The smallest absolute Gasteiger partial charge is 0.245 e. The number of carbonyl (C=O) groups excluding carboxylic acids is 1. The molecule has 1 N–H and O–H groups in total. The maximum atomic E-state index is 11.6. The lowest BCUT2D eigenvalue weighted by atomic mass is 9.96. The number of rotatable bonds is 3. The third-order valence-electron chi connectivity index (χ3n) is 3.90. The van der Waals surface area contributed by atoms with Crippen LogP contribution in [0.2, 0.25) is 0 Å². The van der Waals surface area contributed by atoms with Crippen molar-refractivity contribution in [3.63, 3.8) is 0 Å². The van der Waals surface area contributed by atoms with Crippen LogP contribution in [0.5, 0.6) is 0 Å². The Kier molecular flexibility index (Phi) is 3.81. The Labute approximate surface area is 123 Å². The summed E-state index contributed by atoms with van der Waals surface area (Å²) in [6.45, 7) is 5.02. The van der Waals surface area contributed by atoms with Gasteiger partial charge in [-0.15, -0.1) is 0 Å². The van der Waals surface area contributed by atoms with Crippen molar-refractivity contribution >= 4 is 5.91 Å². The van der Waals surface area contributed by atoms with E-state index >= 15 is 0 Å². The molecule has 0 bridgehead atoms. The quantitative estimate of drug-likeness (QED) is 0.879. The van der Waals surface area contributed by atoms with Gasteiger partial charge < -0.3 is 4.90 Å². The number of aromatic amines is 1. The summed E-state index contributed by atoms with van der Waals surface area (Å²) in [5.74, 6) is 1.99. The highest BCUT2D eigenvalue weighted by atomic mass is 16.2. The molecule has 1 aromatic heterocycles.